The third-order valence-corrected chi connectivity index (χ3v) is 5.30. The Hall–Kier alpha value is -3.99. The van der Waals surface area contributed by atoms with E-state index in [-0.39, 0.29) is 5.95 Å². The molecule has 1 aromatic heterocycles. The minimum Gasteiger partial charge on any atom is -0.383 e. The van der Waals surface area contributed by atoms with Crippen LogP contribution >= 0.6 is 0 Å². The topological polar surface area (TPSA) is 90.2 Å². The van der Waals surface area contributed by atoms with Crippen LogP contribution in [0.4, 0.5) is 17.5 Å². The second-order valence-corrected chi connectivity index (χ2v) is 7.06. The second kappa shape index (κ2) is 6.56. The third kappa shape index (κ3) is 2.84. The van der Waals surface area contributed by atoms with Crippen molar-refractivity contribution in [2.75, 3.05) is 11.5 Å². The molecule has 0 unspecified atom stereocenters. The maximum absolute atomic E-state index is 6.10. The Balaban J connectivity index is 1.69. The van der Waals surface area contributed by atoms with Crippen molar-refractivity contribution >= 4 is 56.1 Å². The molecule has 5 rings (SSSR count). The molecule has 0 aliphatic carbocycles. The summed E-state index contributed by atoms with van der Waals surface area (Å²) in [4.78, 5) is 13.2. The van der Waals surface area contributed by atoms with Gasteiger partial charge in [-0.1, -0.05) is 54.6 Å². The lowest BCUT2D eigenvalue weighted by Crippen LogP contribution is -2.02. The highest BCUT2D eigenvalue weighted by Gasteiger charge is 2.10. The molecule has 0 amide bonds. The van der Waals surface area contributed by atoms with Gasteiger partial charge < -0.3 is 11.5 Å². The fourth-order valence-electron chi connectivity index (χ4n) is 3.88. The maximum Gasteiger partial charge on any atom is 0.222 e. The van der Waals surface area contributed by atoms with Crippen molar-refractivity contribution in [1.82, 2.24) is 9.97 Å². The average molecular weight is 377 g/mol. The summed E-state index contributed by atoms with van der Waals surface area (Å²) in [5, 5.41) is 5.53. The maximum atomic E-state index is 6.10. The smallest absolute Gasteiger partial charge is 0.222 e. The number of nitrogen functional groups attached to an aromatic ring is 2. The van der Waals surface area contributed by atoms with Crippen molar-refractivity contribution in [3.05, 3.63) is 77.9 Å². The van der Waals surface area contributed by atoms with Gasteiger partial charge in [-0.15, -0.1) is 0 Å². The molecule has 140 valence electrons. The van der Waals surface area contributed by atoms with Crippen LogP contribution in [-0.2, 0) is 0 Å². The largest absolute Gasteiger partial charge is 0.383 e. The molecule has 0 saturated heterocycles. The predicted molar refractivity (Wildman–Crippen MR) is 122 cm³/mol. The third-order valence-electron chi connectivity index (χ3n) is 5.30. The summed E-state index contributed by atoms with van der Waals surface area (Å²) in [6, 6.07) is 22.7. The van der Waals surface area contributed by atoms with Crippen molar-refractivity contribution in [1.29, 1.82) is 0 Å². The highest BCUT2D eigenvalue weighted by molar-refractivity contribution is 6.13. The molecule has 1 heterocycles. The molecule has 4 N–H and O–H groups in total. The molecule has 5 aromatic rings. The minimum atomic E-state index is 0.179. The standard InChI is InChI=1S/C24H19N5/c1-14-16(10-11-20-22(14)23(25)29-24(26)28-20)13-27-21-12-15-6-2-3-7-17(15)18-8-4-5-9-19(18)21/h2-13H,1H3,(H4,25,26,28,29). The summed E-state index contributed by atoms with van der Waals surface area (Å²) in [6.07, 6.45) is 1.88. The molecule has 5 heteroatoms. The number of fused-ring (bicyclic) bond motifs is 4. The summed E-state index contributed by atoms with van der Waals surface area (Å²) < 4.78 is 0. The van der Waals surface area contributed by atoms with Gasteiger partial charge in [0, 0.05) is 17.0 Å². The lowest BCUT2D eigenvalue weighted by atomic mass is 10.0. The summed E-state index contributed by atoms with van der Waals surface area (Å²) in [6.45, 7) is 2.00. The first kappa shape index (κ1) is 17.1. The van der Waals surface area contributed by atoms with E-state index in [2.05, 4.69) is 52.4 Å². The summed E-state index contributed by atoms with van der Waals surface area (Å²) >= 11 is 0. The van der Waals surface area contributed by atoms with E-state index in [9.17, 15) is 0 Å². The van der Waals surface area contributed by atoms with Crippen molar-refractivity contribution < 1.29 is 0 Å². The summed E-state index contributed by atoms with van der Waals surface area (Å²) in [5.41, 5.74) is 15.4. The quantitative estimate of drug-likeness (QED) is 0.328. The molecular weight excluding hydrogens is 358 g/mol. The van der Waals surface area contributed by atoms with Gasteiger partial charge in [-0.2, -0.15) is 4.98 Å². The van der Waals surface area contributed by atoms with Crippen LogP contribution in [0.3, 0.4) is 0 Å². The zero-order chi connectivity index (χ0) is 20.0. The van der Waals surface area contributed by atoms with E-state index in [0.717, 1.165) is 33.1 Å². The number of aromatic nitrogens is 2. The number of rotatable bonds is 2. The van der Waals surface area contributed by atoms with E-state index in [1.807, 2.05) is 37.4 Å². The van der Waals surface area contributed by atoms with Crippen molar-refractivity contribution in [3.8, 4) is 0 Å². The van der Waals surface area contributed by atoms with Crippen LogP contribution in [-0.4, -0.2) is 16.2 Å². The van der Waals surface area contributed by atoms with E-state index in [4.69, 9.17) is 16.5 Å². The molecule has 0 radical (unpaired) electrons. The first-order valence-corrected chi connectivity index (χ1v) is 9.38. The predicted octanol–water partition coefficient (Wildman–Crippen LogP) is 5.16. The minimum absolute atomic E-state index is 0.179. The number of hydrogen-bond donors (Lipinski definition) is 2. The lowest BCUT2D eigenvalue weighted by Gasteiger charge is -2.09. The molecule has 29 heavy (non-hydrogen) atoms. The highest BCUT2D eigenvalue weighted by atomic mass is 15.0. The van der Waals surface area contributed by atoms with Crippen LogP contribution in [0.25, 0.3) is 32.4 Å². The Morgan fingerprint density at radius 3 is 2.38 bits per heavy atom. The van der Waals surface area contributed by atoms with Crippen LogP contribution in [0.15, 0.2) is 71.7 Å². The SMILES string of the molecule is Cc1c(C=Nc2cc3ccccc3c3ccccc23)ccc2nc(N)nc(N)c12. The molecular formula is C24H19N5. The number of hydrogen-bond acceptors (Lipinski definition) is 5. The fraction of sp³-hybridized carbons (Fsp3) is 0.0417. The van der Waals surface area contributed by atoms with E-state index in [1.165, 1.54) is 16.2 Å². The van der Waals surface area contributed by atoms with Crippen molar-refractivity contribution in [2.45, 2.75) is 6.92 Å². The number of aliphatic imine (C=N–C) groups is 1. The fourth-order valence-corrected chi connectivity index (χ4v) is 3.88. The Bertz CT molecular complexity index is 1440. The summed E-state index contributed by atoms with van der Waals surface area (Å²) in [7, 11) is 0. The Kier molecular flexibility index (Phi) is 3.88. The summed E-state index contributed by atoms with van der Waals surface area (Å²) in [5.74, 6) is 0.565. The van der Waals surface area contributed by atoms with Gasteiger partial charge in [0.15, 0.2) is 0 Å². The van der Waals surface area contributed by atoms with Gasteiger partial charge in [0.1, 0.15) is 5.82 Å². The second-order valence-electron chi connectivity index (χ2n) is 7.06. The van der Waals surface area contributed by atoms with Crippen LogP contribution in [0.5, 0.6) is 0 Å². The Morgan fingerprint density at radius 1 is 0.828 bits per heavy atom. The molecule has 0 saturated carbocycles. The molecule has 4 aromatic carbocycles. The lowest BCUT2D eigenvalue weighted by molar-refractivity contribution is 1.24. The molecule has 0 aliphatic heterocycles. The van der Waals surface area contributed by atoms with Gasteiger partial charge in [0.25, 0.3) is 0 Å². The number of benzene rings is 4. The van der Waals surface area contributed by atoms with Gasteiger partial charge in [-0.3, -0.25) is 4.99 Å². The van der Waals surface area contributed by atoms with Gasteiger partial charge in [0.05, 0.1) is 11.2 Å². The van der Waals surface area contributed by atoms with Crippen LogP contribution < -0.4 is 11.5 Å². The monoisotopic (exact) mass is 377 g/mol. The number of nitrogens with zero attached hydrogens (tertiary/aromatic N) is 3. The van der Waals surface area contributed by atoms with Crippen molar-refractivity contribution in [2.24, 2.45) is 4.99 Å². The van der Waals surface area contributed by atoms with E-state index in [0.29, 0.717) is 5.82 Å². The zero-order valence-corrected chi connectivity index (χ0v) is 15.9. The Morgan fingerprint density at radius 2 is 1.55 bits per heavy atom. The number of nitrogens with two attached hydrogens (primary N) is 2. The zero-order valence-electron chi connectivity index (χ0n) is 15.9. The number of aryl methyl sites for hydroxylation is 1. The van der Waals surface area contributed by atoms with E-state index in [1.54, 1.807) is 0 Å². The van der Waals surface area contributed by atoms with E-state index >= 15 is 0 Å². The van der Waals surface area contributed by atoms with Crippen LogP contribution in [0.1, 0.15) is 11.1 Å². The molecule has 5 nitrogen and oxygen atoms in total. The normalized spacial score (nSPS) is 11.8. The van der Waals surface area contributed by atoms with Gasteiger partial charge in [0.2, 0.25) is 5.95 Å². The average Bonchev–Trinajstić information content (AvgIpc) is 2.72. The van der Waals surface area contributed by atoms with Crippen LogP contribution in [0, 0.1) is 6.92 Å². The van der Waals surface area contributed by atoms with Gasteiger partial charge in [-0.05, 0) is 46.3 Å². The highest BCUT2D eigenvalue weighted by Crippen LogP contribution is 2.33. The molecule has 0 fully saturated rings. The molecule has 0 atom stereocenters. The first-order valence-electron chi connectivity index (χ1n) is 9.38. The molecule has 0 spiro atoms. The molecule has 0 aliphatic rings. The van der Waals surface area contributed by atoms with Gasteiger partial charge >= 0.3 is 0 Å². The van der Waals surface area contributed by atoms with E-state index < -0.39 is 0 Å². The van der Waals surface area contributed by atoms with Crippen LogP contribution in [0.2, 0.25) is 0 Å². The Labute approximate surface area is 167 Å². The van der Waals surface area contributed by atoms with Gasteiger partial charge in [-0.25, -0.2) is 4.98 Å². The van der Waals surface area contributed by atoms with Crippen molar-refractivity contribution in [3.63, 3.8) is 0 Å². The first-order chi connectivity index (χ1) is 14.1. The molecule has 0 bridgehead atoms. The number of anilines is 2.